The van der Waals surface area contributed by atoms with Gasteiger partial charge in [-0.3, -0.25) is 9.36 Å². The second-order valence-corrected chi connectivity index (χ2v) is 8.90. The molecule has 0 radical (unpaired) electrons. The summed E-state index contributed by atoms with van der Waals surface area (Å²) < 4.78 is 9.33. The third kappa shape index (κ3) is 5.53. The maximum atomic E-state index is 12.5. The van der Waals surface area contributed by atoms with E-state index >= 15 is 0 Å². The molecule has 0 saturated carbocycles. The molecular weight excluding hydrogens is 517 g/mol. The Morgan fingerprint density at radius 2 is 1.86 bits per heavy atom. The Kier molecular flexibility index (Phi) is 7.96. The maximum absolute atomic E-state index is 12.5. The Morgan fingerprint density at radius 3 is 2.57 bits per heavy atom. The summed E-state index contributed by atoms with van der Waals surface area (Å²) in [4.78, 5) is 24.2. The molecule has 37 heavy (non-hydrogen) atoms. The second kappa shape index (κ2) is 11.3. The van der Waals surface area contributed by atoms with E-state index in [-0.39, 0.29) is 23.5 Å². The zero-order chi connectivity index (χ0) is 26.5. The Morgan fingerprint density at radius 1 is 1.11 bits per heavy atom. The van der Waals surface area contributed by atoms with Crippen molar-refractivity contribution in [3.8, 4) is 35.0 Å². The first-order valence-corrected chi connectivity index (χ1v) is 12.1. The molecule has 12 heteroatoms. The largest absolute Gasteiger partial charge is 0.479 e. The molecule has 0 aliphatic carbocycles. The van der Waals surface area contributed by atoms with Gasteiger partial charge in [0.1, 0.15) is 18.2 Å². The number of terminal acetylenes is 1. The highest BCUT2D eigenvalue weighted by Gasteiger charge is 2.20. The van der Waals surface area contributed by atoms with Crippen LogP contribution >= 0.6 is 23.2 Å². The number of hydrogen-bond donors (Lipinski definition) is 1. The second-order valence-electron chi connectivity index (χ2n) is 8.08. The van der Waals surface area contributed by atoms with Crippen LogP contribution in [0.1, 0.15) is 24.5 Å². The van der Waals surface area contributed by atoms with Gasteiger partial charge in [0, 0.05) is 24.6 Å². The van der Waals surface area contributed by atoms with Gasteiger partial charge in [0.05, 0.1) is 15.7 Å². The van der Waals surface area contributed by atoms with Crippen LogP contribution in [0.5, 0.6) is 5.75 Å². The molecule has 0 atom stereocenters. The van der Waals surface area contributed by atoms with E-state index in [0.29, 0.717) is 39.4 Å². The molecule has 0 fully saturated rings. The topological polar surface area (TPSA) is 123 Å². The molecule has 10 nitrogen and oxygen atoms in total. The molecule has 2 aromatic heterocycles. The van der Waals surface area contributed by atoms with Crippen LogP contribution in [0.4, 0.5) is 0 Å². The number of ether oxygens (including phenoxy) is 1. The third-order valence-corrected chi connectivity index (χ3v) is 6.22. The summed E-state index contributed by atoms with van der Waals surface area (Å²) in [5.74, 6) is 9.42. The van der Waals surface area contributed by atoms with Crippen molar-refractivity contribution in [2.24, 2.45) is 0 Å². The van der Waals surface area contributed by atoms with Crippen molar-refractivity contribution in [2.45, 2.75) is 32.7 Å². The molecule has 0 amide bonds. The number of halogens is 2. The predicted octanol–water partition coefficient (Wildman–Crippen LogP) is 3.02. The fourth-order valence-corrected chi connectivity index (χ4v) is 4.24. The smallest absolute Gasteiger partial charge is 0.350 e. The minimum Gasteiger partial charge on any atom is -0.479 e. The molecule has 1 aliphatic heterocycles. The van der Waals surface area contributed by atoms with Crippen LogP contribution in [0, 0.1) is 19.3 Å². The van der Waals surface area contributed by atoms with Crippen molar-refractivity contribution >= 4 is 23.2 Å². The molecule has 3 heterocycles. The van der Waals surface area contributed by atoms with E-state index in [1.807, 2.05) is 18.2 Å². The molecular formula is C25H23Cl2N7O3. The average Bonchev–Trinajstić information content (AvgIpc) is 3.24. The number of nitrogen functional groups attached to an aromatic ring is 1. The highest BCUT2D eigenvalue weighted by atomic mass is 35.5. The zero-order valence-electron chi connectivity index (χ0n) is 19.9. The van der Waals surface area contributed by atoms with Gasteiger partial charge in [0.2, 0.25) is 0 Å². The SMILES string of the molecule is C#CCOc1cc(-n2nc3n(c2=O)CCCC3)c(Cl)cc1Cl.Cc1nnc(-c2ccccc2)c(=O)n1N. The number of nitrogens with two attached hydrogens (primary N) is 1. The van der Waals surface area contributed by atoms with Gasteiger partial charge in [-0.1, -0.05) is 59.5 Å². The molecule has 2 aromatic carbocycles. The molecule has 0 bridgehead atoms. The lowest BCUT2D eigenvalue weighted by molar-refractivity contribution is 0.370. The van der Waals surface area contributed by atoms with Gasteiger partial charge < -0.3 is 10.6 Å². The fraction of sp³-hybridized carbons (Fsp3) is 0.240. The van der Waals surface area contributed by atoms with Crippen LogP contribution in [0.25, 0.3) is 16.9 Å². The summed E-state index contributed by atoms with van der Waals surface area (Å²) in [5, 5.41) is 12.7. The fourth-order valence-electron chi connectivity index (χ4n) is 3.72. The summed E-state index contributed by atoms with van der Waals surface area (Å²) in [5.41, 5.74) is 0.874. The molecule has 0 spiro atoms. The first kappa shape index (κ1) is 26.0. The summed E-state index contributed by atoms with van der Waals surface area (Å²) in [6.07, 6.45) is 7.97. The van der Waals surface area contributed by atoms with E-state index in [1.165, 1.54) is 10.7 Å². The molecule has 4 aromatic rings. The molecule has 0 unspecified atom stereocenters. The lowest BCUT2D eigenvalue weighted by atomic mass is 10.2. The van der Waals surface area contributed by atoms with Crippen molar-refractivity contribution < 1.29 is 4.74 Å². The molecule has 0 saturated heterocycles. The van der Waals surface area contributed by atoms with Crippen LogP contribution < -0.4 is 21.8 Å². The van der Waals surface area contributed by atoms with E-state index in [4.69, 9.17) is 40.2 Å². The minimum absolute atomic E-state index is 0.0788. The number of nitrogens with zero attached hydrogens (tertiary/aromatic N) is 6. The third-order valence-electron chi connectivity index (χ3n) is 5.62. The molecule has 5 rings (SSSR count). The standard InChI is InChI=1S/C15H13Cl2N3O2.C10H10N4O/c1-2-7-22-13-9-12(10(16)8-11(13)17)20-15(21)19-6-4-3-5-14(19)18-20;1-7-12-13-9(10(15)14(7)11)8-5-3-2-4-6-8/h1,8-9H,3-7H2;2-6H,11H2,1H3. The van der Waals surface area contributed by atoms with Crippen molar-refractivity contribution in [1.29, 1.82) is 0 Å². The van der Waals surface area contributed by atoms with Gasteiger partial charge in [-0.25, -0.2) is 9.47 Å². The van der Waals surface area contributed by atoms with Crippen LogP contribution in [-0.2, 0) is 13.0 Å². The number of hydrogen-bond acceptors (Lipinski definition) is 7. The van der Waals surface area contributed by atoms with Crippen LogP contribution in [0.3, 0.4) is 0 Å². The monoisotopic (exact) mass is 539 g/mol. The van der Waals surface area contributed by atoms with E-state index in [1.54, 1.807) is 29.7 Å². The Bertz CT molecular complexity index is 1590. The number of fused-ring (bicyclic) bond motifs is 1. The molecule has 190 valence electrons. The van der Waals surface area contributed by atoms with Gasteiger partial charge >= 0.3 is 5.69 Å². The molecule has 1 aliphatic rings. The average molecular weight is 540 g/mol. The normalized spacial score (nSPS) is 12.2. The van der Waals surface area contributed by atoms with Gasteiger partial charge in [-0.2, -0.15) is 4.68 Å². The van der Waals surface area contributed by atoms with Crippen LogP contribution in [-0.4, -0.2) is 35.8 Å². The first-order chi connectivity index (χ1) is 17.8. The van der Waals surface area contributed by atoms with Gasteiger partial charge in [-0.15, -0.1) is 21.7 Å². The van der Waals surface area contributed by atoms with Crippen molar-refractivity contribution in [1.82, 2.24) is 29.2 Å². The van der Waals surface area contributed by atoms with E-state index in [9.17, 15) is 9.59 Å². The highest BCUT2D eigenvalue weighted by molar-refractivity contribution is 6.36. The Hall–Kier alpha value is -4.07. The number of aryl methyl sites for hydroxylation is 2. The number of rotatable bonds is 4. The zero-order valence-corrected chi connectivity index (χ0v) is 21.4. The van der Waals surface area contributed by atoms with Gasteiger partial charge in [-0.05, 0) is 25.8 Å². The predicted molar refractivity (Wildman–Crippen MR) is 142 cm³/mol. The summed E-state index contributed by atoms with van der Waals surface area (Å²) in [6.45, 7) is 2.39. The molecule has 2 N–H and O–H groups in total. The van der Waals surface area contributed by atoms with Gasteiger partial charge in [0.25, 0.3) is 5.56 Å². The van der Waals surface area contributed by atoms with E-state index in [2.05, 4.69) is 21.2 Å². The van der Waals surface area contributed by atoms with E-state index < -0.39 is 0 Å². The van der Waals surface area contributed by atoms with E-state index in [0.717, 1.165) is 29.8 Å². The number of aromatic nitrogens is 6. The maximum Gasteiger partial charge on any atom is 0.350 e. The lowest BCUT2D eigenvalue weighted by Gasteiger charge is -2.09. The van der Waals surface area contributed by atoms with Crippen LogP contribution in [0.15, 0.2) is 52.1 Å². The summed E-state index contributed by atoms with van der Waals surface area (Å²) in [6, 6.07) is 12.2. The summed E-state index contributed by atoms with van der Waals surface area (Å²) in [7, 11) is 0. The quantitative estimate of drug-likeness (QED) is 0.312. The summed E-state index contributed by atoms with van der Waals surface area (Å²) >= 11 is 12.3. The lowest BCUT2D eigenvalue weighted by Crippen LogP contribution is -2.32. The highest BCUT2D eigenvalue weighted by Crippen LogP contribution is 2.32. The van der Waals surface area contributed by atoms with Crippen molar-refractivity contribution in [3.63, 3.8) is 0 Å². The van der Waals surface area contributed by atoms with Gasteiger partial charge in [0.15, 0.2) is 11.5 Å². The first-order valence-electron chi connectivity index (χ1n) is 11.3. The van der Waals surface area contributed by atoms with Crippen LogP contribution in [0.2, 0.25) is 10.0 Å². The minimum atomic E-state index is -0.339. The van der Waals surface area contributed by atoms with Crippen molar-refractivity contribution in [2.75, 3.05) is 12.4 Å². The number of benzene rings is 2. The van der Waals surface area contributed by atoms with Crippen molar-refractivity contribution in [3.05, 3.63) is 85.0 Å². The Balaban J connectivity index is 0.000000186. The Labute approximate surface area is 222 Å².